The van der Waals surface area contributed by atoms with Crippen molar-refractivity contribution >= 4 is 5.82 Å². The van der Waals surface area contributed by atoms with E-state index in [1.165, 1.54) is 21.8 Å². The summed E-state index contributed by atoms with van der Waals surface area (Å²) in [5, 5.41) is 3.32. The molecule has 1 heterocycles. The molecule has 2 aromatic rings. The van der Waals surface area contributed by atoms with Crippen LogP contribution in [0.25, 0.3) is 0 Å². The first-order valence-corrected chi connectivity index (χ1v) is 7.76. The van der Waals surface area contributed by atoms with Gasteiger partial charge in [0.1, 0.15) is 5.82 Å². The molecule has 1 aliphatic carbocycles. The van der Waals surface area contributed by atoms with Crippen LogP contribution in [-0.2, 0) is 6.42 Å². The molecule has 116 valence electrons. The molecule has 5 heteroatoms. The molecule has 0 bridgehead atoms. The van der Waals surface area contributed by atoms with Crippen molar-refractivity contribution in [2.45, 2.75) is 45.2 Å². The Labute approximate surface area is 129 Å². The Morgan fingerprint density at radius 2 is 2.05 bits per heavy atom. The van der Waals surface area contributed by atoms with Crippen LogP contribution in [0.3, 0.4) is 0 Å². The van der Waals surface area contributed by atoms with Gasteiger partial charge in [-0.2, -0.15) is 0 Å². The monoisotopic (exact) mass is 299 g/mol. The lowest BCUT2D eigenvalue weighted by Crippen LogP contribution is -2.36. The van der Waals surface area contributed by atoms with Crippen LogP contribution < -0.4 is 16.6 Å². The molecule has 1 aromatic carbocycles. The van der Waals surface area contributed by atoms with Crippen molar-refractivity contribution in [2.24, 2.45) is 0 Å². The van der Waals surface area contributed by atoms with Crippen LogP contribution in [0.1, 0.15) is 49.9 Å². The average Bonchev–Trinajstić information content (AvgIpc) is 2.46. The zero-order valence-corrected chi connectivity index (χ0v) is 12.9. The van der Waals surface area contributed by atoms with Gasteiger partial charge < -0.3 is 5.32 Å². The number of H-pyrrole nitrogens is 1. The number of aryl methyl sites for hydroxylation is 1. The van der Waals surface area contributed by atoms with Crippen LogP contribution in [0.15, 0.2) is 39.9 Å². The maximum Gasteiger partial charge on any atom is 0.330 e. The fourth-order valence-electron chi connectivity index (χ4n) is 3.16. The Hall–Kier alpha value is -2.30. The summed E-state index contributed by atoms with van der Waals surface area (Å²) >= 11 is 0. The summed E-state index contributed by atoms with van der Waals surface area (Å²) in [6.07, 6.45) is 3.17. The zero-order chi connectivity index (χ0) is 15.7. The average molecular weight is 299 g/mol. The highest BCUT2D eigenvalue weighted by Crippen LogP contribution is 2.31. The molecule has 0 radical (unpaired) electrons. The van der Waals surface area contributed by atoms with Crippen LogP contribution in [0, 0.1) is 0 Å². The minimum absolute atomic E-state index is 0.134. The van der Waals surface area contributed by atoms with E-state index in [-0.39, 0.29) is 23.3 Å². The topological polar surface area (TPSA) is 66.9 Å². The molecule has 0 fully saturated rings. The number of nitrogens with zero attached hydrogens (tertiary/aromatic N) is 1. The van der Waals surface area contributed by atoms with E-state index in [1.807, 2.05) is 26.0 Å². The highest BCUT2D eigenvalue weighted by atomic mass is 16.2. The van der Waals surface area contributed by atoms with Crippen LogP contribution in [0.4, 0.5) is 5.82 Å². The second kappa shape index (κ2) is 5.83. The first-order chi connectivity index (χ1) is 10.6. The molecule has 0 spiro atoms. The molecule has 0 unspecified atom stereocenters. The smallest absolute Gasteiger partial charge is 0.330 e. The van der Waals surface area contributed by atoms with Gasteiger partial charge in [0.2, 0.25) is 0 Å². The number of benzene rings is 1. The Bertz CT molecular complexity index is 758. The predicted octanol–water partition coefficient (Wildman–Crippen LogP) is 2.61. The maximum absolute atomic E-state index is 12.1. The highest BCUT2D eigenvalue weighted by Gasteiger charge is 2.20. The number of fused-ring (bicyclic) bond motifs is 1. The molecule has 1 aliphatic rings. The van der Waals surface area contributed by atoms with E-state index in [4.69, 9.17) is 0 Å². The zero-order valence-electron chi connectivity index (χ0n) is 12.9. The first-order valence-electron chi connectivity index (χ1n) is 7.76. The standard InChI is InChI=1S/C17H21N3O2/c1-11(2)20-16(21)10-15(19-17(20)22)18-14-9-5-7-12-6-3-4-8-13(12)14/h3-4,6,8,10-11,14,18H,5,7,9H2,1-2H3,(H,19,22)/t14-/m0/s1. The van der Waals surface area contributed by atoms with Gasteiger partial charge in [0.05, 0.1) is 6.04 Å². The van der Waals surface area contributed by atoms with Crippen molar-refractivity contribution in [2.75, 3.05) is 5.32 Å². The third-order valence-corrected chi connectivity index (χ3v) is 4.18. The fourth-order valence-corrected chi connectivity index (χ4v) is 3.16. The van der Waals surface area contributed by atoms with Gasteiger partial charge in [-0.25, -0.2) is 4.79 Å². The van der Waals surface area contributed by atoms with Gasteiger partial charge in [-0.1, -0.05) is 24.3 Å². The molecule has 0 amide bonds. The second-order valence-electron chi connectivity index (χ2n) is 6.08. The number of hydrogen-bond acceptors (Lipinski definition) is 3. The van der Waals surface area contributed by atoms with E-state index >= 15 is 0 Å². The third kappa shape index (κ3) is 2.71. The van der Waals surface area contributed by atoms with E-state index < -0.39 is 0 Å². The Morgan fingerprint density at radius 3 is 2.77 bits per heavy atom. The molecule has 3 rings (SSSR count). The lowest BCUT2D eigenvalue weighted by Gasteiger charge is -2.27. The minimum Gasteiger partial charge on any atom is -0.365 e. The van der Waals surface area contributed by atoms with Gasteiger partial charge in [-0.05, 0) is 44.2 Å². The Balaban J connectivity index is 1.92. The summed E-state index contributed by atoms with van der Waals surface area (Å²) in [5.74, 6) is 0.494. The van der Waals surface area contributed by atoms with Crippen molar-refractivity contribution in [3.63, 3.8) is 0 Å². The number of aromatic nitrogens is 2. The summed E-state index contributed by atoms with van der Waals surface area (Å²) in [4.78, 5) is 26.9. The summed E-state index contributed by atoms with van der Waals surface area (Å²) < 4.78 is 1.22. The number of hydrogen-bond donors (Lipinski definition) is 2. The first kappa shape index (κ1) is 14.6. The summed E-state index contributed by atoms with van der Waals surface area (Å²) in [7, 11) is 0. The van der Waals surface area contributed by atoms with Crippen molar-refractivity contribution in [3.05, 3.63) is 62.3 Å². The SMILES string of the molecule is CC(C)n1c(=O)cc(N[C@H]2CCCc3ccccc32)[nH]c1=O. The molecule has 22 heavy (non-hydrogen) atoms. The molecule has 5 nitrogen and oxygen atoms in total. The largest absolute Gasteiger partial charge is 0.365 e. The second-order valence-corrected chi connectivity index (χ2v) is 6.08. The van der Waals surface area contributed by atoms with Crippen molar-refractivity contribution in [3.8, 4) is 0 Å². The quantitative estimate of drug-likeness (QED) is 0.915. The van der Waals surface area contributed by atoms with Gasteiger partial charge in [0.25, 0.3) is 5.56 Å². The summed E-state index contributed by atoms with van der Waals surface area (Å²) in [6.45, 7) is 3.64. The van der Waals surface area contributed by atoms with Crippen LogP contribution >= 0.6 is 0 Å². The lowest BCUT2D eigenvalue weighted by molar-refractivity contribution is 0.544. The fraction of sp³-hybridized carbons (Fsp3) is 0.412. The lowest BCUT2D eigenvalue weighted by atomic mass is 9.88. The van der Waals surface area contributed by atoms with E-state index in [9.17, 15) is 9.59 Å². The van der Waals surface area contributed by atoms with E-state index in [0.717, 1.165) is 19.3 Å². The molecule has 0 aliphatic heterocycles. The van der Waals surface area contributed by atoms with Gasteiger partial charge in [-0.3, -0.25) is 14.3 Å². The van der Waals surface area contributed by atoms with Crippen LogP contribution in [0.5, 0.6) is 0 Å². The van der Waals surface area contributed by atoms with E-state index in [1.54, 1.807) is 0 Å². The van der Waals surface area contributed by atoms with Crippen molar-refractivity contribution < 1.29 is 0 Å². The predicted molar refractivity (Wildman–Crippen MR) is 87.5 cm³/mol. The highest BCUT2D eigenvalue weighted by molar-refractivity contribution is 5.41. The number of aromatic amines is 1. The van der Waals surface area contributed by atoms with Crippen LogP contribution in [0.2, 0.25) is 0 Å². The third-order valence-electron chi connectivity index (χ3n) is 4.18. The van der Waals surface area contributed by atoms with Crippen LogP contribution in [-0.4, -0.2) is 9.55 Å². The normalized spacial score (nSPS) is 17.3. The number of nitrogens with one attached hydrogen (secondary N) is 2. The molecule has 0 saturated carbocycles. The van der Waals surface area contributed by atoms with Gasteiger partial charge in [0, 0.05) is 12.1 Å². The maximum atomic E-state index is 12.1. The van der Waals surface area contributed by atoms with Crippen molar-refractivity contribution in [1.29, 1.82) is 0 Å². The molecular weight excluding hydrogens is 278 g/mol. The van der Waals surface area contributed by atoms with E-state index in [2.05, 4.69) is 22.4 Å². The van der Waals surface area contributed by atoms with Gasteiger partial charge >= 0.3 is 5.69 Å². The molecular formula is C17H21N3O2. The van der Waals surface area contributed by atoms with Gasteiger partial charge in [0.15, 0.2) is 0 Å². The summed E-state index contributed by atoms with van der Waals surface area (Å²) in [5.41, 5.74) is 1.95. The summed E-state index contributed by atoms with van der Waals surface area (Å²) in [6, 6.07) is 9.78. The Morgan fingerprint density at radius 1 is 1.27 bits per heavy atom. The minimum atomic E-state index is -0.367. The molecule has 1 atom stereocenters. The molecule has 0 saturated heterocycles. The van der Waals surface area contributed by atoms with E-state index in [0.29, 0.717) is 5.82 Å². The molecule has 2 N–H and O–H groups in total. The van der Waals surface area contributed by atoms with Gasteiger partial charge in [-0.15, -0.1) is 0 Å². The Kier molecular flexibility index (Phi) is 3.88. The number of rotatable bonds is 3. The number of anilines is 1. The molecule has 1 aromatic heterocycles. The van der Waals surface area contributed by atoms with Crippen molar-refractivity contribution in [1.82, 2.24) is 9.55 Å².